The van der Waals surface area contributed by atoms with Gasteiger partial charge in [-0.3, -0.25) is 10.3 Å². The molecule has 0 saturated carbocycles. The largest absolute Gasteiger partial charge is 0.467 e. The van der Waals surface area contributed by atoms with Gasteiger partial charge in [0.2, 0.25) is 0 Å². The molecule has 0 amide bonds. The molecule has 0 fully saturated rings. The number of hydroxylamine groups is 1. The predicted molar refractivity (Wildman–Crippen MR) is 90.0 cm³/mol. The van der Waals surface area contributed by atoms with Crippen molar-refractivity contribution < 1.29 is 28.6 Å². The van der Waals surface area contributed by atoms with Crippen molar-refractivity contribution in [2.45, 2.75) is 0 Å². The van der Waals surface area contributed by atoms with Crippen molar-refractivity contribution >= 4 is 11.7 Å². The molecule has 10 nitrogen and oxygen atoms in total. The Kier molecular flexibility index (Phi) is 6.28. The number of nitrogens with one attached hydrogen (secondary N) is 1. The molecule has 0 aliphatic carbocycles. The van der Waals surface area contributed by atoms with E-state index in [1.807, 2.05) is 0 Å². The van der Waals surface area contributed by atoms with Crippen LogP contribution in [-0.4, -0.2) is 49.4 Å². The van der Waals surface area contributed by atoms with E-state index in [2.05, 4.69) is 27.0 Å². The Hall–Kier alpha value is -3.40. The Labute approximate surface area is 149 Å². The molecule has 0 saturated heterocycles. The molecule has 26 heavy (non-hydrogen) atoms. The third-order valence-electron chi connectivity index (χ3n) is 3.11. The zero-order chi connectivity index (χ0) is 19.1. The SMILES string of the molecule is C=C(NOC)c1cccc(Oc2nc(OC)nc(OC)n2)c1C(=O)OC. The first kappa shape index (κ1) is 18.9. The molecule has 1 aromatic heterocycles. The van der Waals surface area contributed by atoms with Crippen molar-refractivity contribution in [1.29, 1.82) is 0 Å². The number of benzene rings is 1. The number of nitrogens with zero attached hydrogens (tertiary/aromatic N) is 3. The van der Waals surface area contributed by atoms with Gasteiger partial charge in [-0.05, 0) is 6.07 Å². The molecule has 0 spiro atoms. The van der Waals surface area contributed by atoms with E-state index in [9.17, 15) is 4.79 Å². The Morgan fingerprint density at radius 1 is 1.00 bits per heavy atom. The Morgan fingerprint density at radius 3 is 2.15 bits per heavy atom. The van der Waals surface area contributed by atoms with Crippen LogP contribution in [0.1, 0.15) is 15.9 Å². The molecular weight excluding hydrogens is 344 g/mol. The minimum absolute atomic E-state index is 0.00641. The summed E-state index contributed by atoms with van der Waals surface area (Å²) in [6.07, 6.45) is 0. The average Bonchev–Trinajstić information content (AvgIpc) is 2.67. The minimum atomic E-state index is -0.636. The summed E-state index contributed by atoms with van der Waals surface area (Å²) in [5.41, 5.74) is 3.44. The van der Waals surface area contributed by atoms with E-state index < -0.39 is 5.97 Å². The van der Waals surface area contributed by atoms with E-state index in [1.54, 1.807) is 18.2 Å². The molecular formula is C16H18N4O6. The van der Waals surface area contributed by atoms with Crippen LogP contribution in [0, 0.1) is 0 Å². The second-order valence-corrected chi connectivity index (χ2v) is 4.65. The first-order valence-corrected chi connectivity index (χ1v) is 7.25. The zero-order valence-electron chi connectivity index (χ0n) is 14.7. The van der Waals surface area contributed by atoms with Crippen molar-refractivity contribution in [3.63, 3.8) is 0 Å². The number of methoxy groups -OCH3 is 3. The number of ether oxygens (including phenoxy) is 4. The number of carbonyl (C=O) groups is 1. The summed E-state index contributed by atoms with van der Waals surface area (Å²) in [5, 5.41) is 0. The average molecular weight is 362 g/mol. The van der Waals surface area contributed by atoms with Gasteiger partial charge in [-0.25, -0.2) is 4.79 Å². The van der Waals surface area contributed by atoms with Gasteiger partial charge < -0.3 is 18.9 Å². The molecule has 0 aliphatic heterocycles. The number of hydrogen-bond donors (Lipinski definition) is 1. The van der Waals surface area contributed by atoms with E-state index in [0.29, 0.717) is 11.3 Å². The summed E-state index contributed by atoms with van der Waals surface area (Å²) < 4.78 is 20.4. The molecule has 0 atom stereocenters. The fraction of sp³-hybridized carbons (Fsp3) is 0.250. The third kappa shape index (κ3) is 4.16. The molecule has 1 N–H and O–H groups in total. The van der Waals surface area contributed by atoms with E-state index in [1.165, 1.54) is 28.4 Å². The van der Waals surface area contributed by atoms with Gasteiger partial charge in [-0.2, -0.15) is 0 Å². The van der Waals surface area contributed by atoms with Crippen molar-refractivity contribution in [3.8, 4) is 23.8 Å². The maximum Gasteiger partial charge on any atom is 0.342 e. The lowest BCUT2D eigenvalue weighted by Crippen LogP contribution is -2.14. The fourth-order valence-corrected chi connectivity index (χ4v) is 2.01. The van der Waals surface area contributed by atoms with Crippen LogP contribution >= 0.6 is 0 Å². The molecule has 1 heterocycles. The first-order chi connectivity index (χ1) is 12.5. The normalized spacial score (nSPS) is 10.0. The van der Waals surface area contributed by atoms with Gasteiger partial charge in [0.25, 0.3) is 0 Å². The zero-order valence-corrected chi connectivity index (χ0v) is 14.7. The lowest BCUT2D eigenvalue weighted by atomic mass is 10.0. The van der Waals surface area contributed by atoms with E-state index in [-0.39, 0.29) is 29.3 Å². The topological polar surface area (TPSA) is 114 Å². The molecule has 2 aromatic rings. The molecule has 138 valence electrons. The summed E-state index contributed by atoms with van der Waals surface area (Å²) in [4.78, 5) is 28.9. The molecule has 1 aromatic carbocycles. The summed E-state index contributed by atoms with van der Waals surface area (Å²) in [5.74, 6) is -0.494. The summed E-state index contributed by atoms with van der Waals surface area (Å²) in [6.45, 7) is 3.81. The highest BCUT2D eigenvalue weighted by Gasteiger charge is 2.22. The van der Waals surface area contributed by atoms with Crippen molar-refractivity contribution in [3.05, 3.63) is 35.9 Å². The van der Waals surface area contributed by atoms with E-state index in [0.717, 1.165) is 0 Å². The van der Waals surface area contributed by atoms with Crippen molar-refractivity contribution in [2.75, 3.05) is 28.4 Å². The highest BCUT2D eigenvalue weighted by atomic mass is 16.6. The van der Waals surface area contributed by atoms with Gasteiger partial charge in [0.1, 0.15) is 11.3 Å². The van der Waals surface area contributed by atoms with Crippen LogP contribution < -0.4 is 19.7 Å². The van der Waals surface area contributed by atoms with Crippen LogP contribution in [0.25, 0.3) is 5.70 Å². The highest BCUT2D eigenvalue weighted by molar-refractivity contribution is 5.97. The van der Waals surface area contributed by atoms with Gasteiger partial charge in [0.05, 0.1) is 34.1 Å². The van der Waals surface area contributed by atoms with Crippen molar-refractivity contribution in [1.82, 2.24) is 20.4 Å². The number of carbonyl (C=O) groups excluding carboxylic acids is 1. The minimum Gasteiger partial charge on any atom is -0.467 e. The predicted octanol–water partition coefficient (Wildman–Crippen LogP) is 1.59. The summed E-state index contributed by atoms with van der Waals surface area (Å²) in [6, 6.07) is 4.73. The quantitative estimate of drug-likeness (QED) is 0.548. The first-order valence-electron chi connectivity index (χ1n) is 7.25. The second kappa shape index (κ2) is 8.62. The number of esters is 1. The van der Waals surface area contributed by atoms with Crippen LogP contribution in [0.4, 0.5) is 0 Å². The highest BCUT2D eigenvalue weighted by Crippen LogP contribution is 2.30. The third-order valence-corrected chi connectivity index (χ3v) is 3.11. The Balaban J connectivity index is 2.51. The number of rotatable bonds is 8. The molecule has 2 rings (SSSR count). The second-order valence-electron chi connectivity index (χ2n) is 4.65. The van der Waals surface area contributed by atoms with Crippen LogP contribution in [-0.2, 0) is 9.57 Å². The maximum atomic E-state index is 12.3. The summed E-state index contributed by atoms with van der Waals surface area (Å²) in [7, 11) is 5.45. The van der Waals surface area contributed by atoms with Gasteiger partial charge in [-0.1, -0.05) is 18.7 Å². The smallest absolute Gasteiger partial charge is 0.342 e. The number of hydrogen-bond acceptors (Lipinski definition) is 10. The summed E-state index contributed by atoms with van der Waals surface area (Å²) >= 11 is 0. The Bertz CT molecular complexity index is 789. The van der Waals surface area contributed by atoms with Crippen LogP contribution in [0.3, 0.4) is 0 Å². The Morgan fingerprint density at radius 2 is 1.62 bits per heavy atom. The van der Waals surface area contributed by atoms with Gasteiger partial charge in [0.15, 0.2) is 0 Å². The van der Waals surface area contributed by atoms with E-state index >= 15 is 0 Å². The van der Waals surface area contributed by atoms with Crippen LogP contribution in [0.2, 0.25) is 0 Å². The molecule has 0 radical (unpaired) electrons. The van der Waals surface area contributed by atoms with Gasteiger partial charge in [0, 0.05) is 5.56 Å². The molecule has 0 unspecified atom stereocenters. The molecule has 0 aliphatic rings. The maximum absolute atomic E-state index is 12.3. The number of aromatic nitrogens is 3. The van der Waals surface area contributed by atoms with Crippen molar-refractivity contribution in [2.24, 2.45) is 0 Å². The fourth-order valence-electron chi connectivity index (χ4n) is 2.01. The standard InChI is InChI=1S/C16H18N4O6/c1-9(20-25-5)10-7-6-8-11(12(10)13(21)22-2)26-16-18-14(23-3)17-15(19-16)24-4/h6-8,20H,1H2,2-5H3. The molecule has 0 bridgehead atoms. The lowest BCUT2D eigenvalue weighted by molar-refractivity contribution is 0.0597. The van der Waals surface area contributed by atoms with Crippen LogP contribution in [0.5, 0.6) is 23.8 Å². The molecule has 10 heteroatoms. The van der Waals surface area contributed by atoms with Gasteiger partial charge in [-0.15, -0.1) is 15.0 Å². The van der Waals surface area contributed by atoms with E-state index in [4.69, 9.17) is 23.8 Å². The monoisotopic (exact) mass is 362 g/mol. The lowest BCUT2D eigenvalue weighted by Gasteiger charge is -2.15. The van der Waals surface area contributed by atoms with Gasteiger partial charge >= 0.3 is 24.0 Å². The van der Waals surface area contributed by atoms with Crippen LogP contribution in [0.15, 0.2) is 24.8 Å².